The third kappa shape index (κ3) is 3.99. The fraction of sp³-hybridized carbons (Fsp3) is 0.375. The van der Waals surface area contributed by atoms with Gasteiger partial charge in [0.1, 0.15) is 5.38 Å². The number of benzene rings is 1. The molecule has 0 saturated carbocycles. The highest BCUT2D eigenvalue weighted by molar-refractivity contribution is 7.14. The standard InChI is InChI=1S/C16H20ClN3OS/c1-4-20(5-2)16-19-14(10-22-16)12-6-8-13(9-7-12)18-15(21)11(3)17/h6-11H,4-5H2,1-3H3,(H,18,21). The number of amides is 1. The van der Waals surface area contributed by atoms with Crippen LogP contribution in [0.1, 0.15) is 20.8 Å². The van der Waals surface area contributed by atoms with Crippen LogP contribution in [0.2, 0.25) is 0 Å². The summed E-state index contributed by atoms with van der Waals surface area (Å²) < 4.78 is 0. The van der Waals surface area contributed by atoms with Crippen molar-refractivity contribution in [2.75, 3.05) is 23.3 Å². The van der Waals surface area contributed by atoms with Crippen LogP contribution in [-0.2, 0) is 4.79 Å². The Labute approximate surface area is 140 Å². The topological polar surface area (TPSA) is 45.2 Å². The van der Waals surface area contributed by atoms with Crippen LogP contribution in [0.5, 0.6) is 0 Å². The molecule has 1 unspecified atom stereocenters. The number of hydrogen-bond donors (Lipinski definition) is 1. The molecule has 22 heavy (non-hydrogen) atoms. The minimum absolute atomic E-state index is 0.202. The molecule has 2 aromatic rings. The van der Waals surface area contributed by atoms with E-state index in [1.165, 1.54) is 0 Å². The van der Waals surface area contributed by atoms with Crippen LogP contribution < -0.4 is 10.2 Å². The van der Waals surface area contributed by atoms with E-state index < -0.39 is 5.38 Å². The Morgan fingerprint density at radius 3 is 2.50 bits per heavy atom. The van der Waals surface area contributed by atoms with Crippen molar-refractivity contribution in [2.45, 2.75) is 26.1 Å². The highest BCUT2D eigenvalue weighted by Crippen LogP contribution is 2.28. The van der Waals surface area contributed by atoms with E-state index in [1.54, 1.807) is 18.3 Å². The fourth-order valence-corrected chi connectivity index (χ4v) is 3.02. The molecule has 0 fully saturated rings. The van der Waals surface area contributed by atoms with Crippen molar-refractivity contribution in [3.05, 3.63) is 29.6 Å². The van der Waals surface area contributed by atoms with E-state index in [2.05, 4.69) is 34.4 Å². The number of nitrogens with one attached hydrogen (secondary N) is 1. The van der Waals surface area contributed by atoms with Crippen molar-refractivity contribution in [3.63, 3.8) is 0 Å². The van der Waals surface area contributed by atoms with E-state index in [9.17, 15) is 4.79 Å². The minimum atomic E-state index is -0.546. The van der Waals surface area contributed by atoms with Crippen LogP contribution in [0.15, 0.2) is 29.6 Å². The summed E-state index contributed by atoms with van der Waals surface area (Å²) in [5, 5.41) is 5.31. The molecule has 0 spiro atoms. The van der Waals surface area contributed by atoms with E-state index in [0.29, 0.717) is 0 Å². The molecular weight excluding hydrogens is 318 g/mol. The Bertz CT molecular complexity index is 621. The maximum Gasteiger partial charge on any atom is 0.242 e. The van der Waals surface area contributed by atoms with Gasteiger partial charge in [0.25, 0.3) is 0 Å². The SMILES string of the molecule is CCN(CC)c1nc(-c2ccc(NC(=O)C(C)Cl)cc2)cs1. The van der Waals surface area contributed by atoms with E-state index in [0.717, 1.165) is 35.2 Å². The lowest BCUT2D eigenvalue weighted by Gasteiger charge is -2.16. The Morgan fingerprint density at radius 1 is 1.32 bits per heavy atom. The van der Waals surface area contributed by atoms with Gasteiger partial charge in [-0.2, -0.15) is 0 Å². The molecule has 4 nitrogen and oxygen atoms in total. The number of hydrogen-bond acceptors (Lipinski definition) is 4. The first-order valence-corrected chi connectivity index (χ1v) is 8.62. The van der Waals surface area contributed by atoms with Crippen LogP contribution in [0.3, 0.4) is 0 Å². The zero-order chi connectivity index (χ0) is 16.1. The molecule has 1 aromatic heterocycles. The van der Waals surface area contributed by atoms with E-state index in [1.807, 2.05) is 24.3 Å². The lowest BCUT2D eigenvalue weighted by molar-refractivity contribution is -0.115. The second-order valence-corrected chi connectivity index (χ2v) is 6.36. The molecule has 2 rings (SSSR count). The predicted octanol–water partition coefficient (Wildman–Crippen LogP) is 4.22. The average Bonchev–Trinajstić information content (AvgIpc) is 2.99. The molecule has 0 aliphatic rings. The number of carbonyl (C=O) groups is 1. The van der Waals surface area contributed by atoms with Gasteiger partial charge in [-0.15, -0.1) is 22.9 Å². The van der Waals surface area contributed by atoms with Gasteiger partial charge in [0.15, 0.2) is 5.13 Å². The monoisotopic (exact) mass is 337 g/mol. The number of thiazole rings is 1. The predicted molar refractivity (Wildman–Crippen MR) is 95.1 cm³/mol. The summed E-state index contributed by atoms with van der Waals surface area (Å²) in [6, 6.07) is 7.64. The molecular formula is C16H20ClN3OS. The first-order valence-electron chi connectivity index (χ1n) is 7.31. The van der Waals surface area contributed by atoms with Gasteiger partial charge in [0.05, 0.1) is 5.69 Å². The number of alkyl halides is 1. The number of carbonyl (C=O) groups excluding carboxylic acids is 1. The normalized spacial score (nSPS) is 12.0. The van der Waals surface area contributed by atoms with Crippen molar-refractivity contribution in [2.24, 2.45) is 0 Å². The Balaban J connectivity index is 2.12. The molecule has 1 aromatic carbocycles. The van der Waals surface area contributed by atoms with Crippen LogP contribution >= 0.6 is 22.9 Å². The van der Waals surface area contributed by atoms with Crippen molar-refractivity contribution >= 4 is 39.7 Å². The van der Waals surface area contributed by atoms with Crippen LogP contribution in [0.4, 0.5) is 10.8 Å². The van der Waals surface area contributed by atoms with Crippen molar-refractivity contribution in [3.8, 4) is 11.3 Å². The first-order chi connectivity index (χ1) is 10.5. The molecule has 1 amide bonds. The summed E-state index contributed by atoms with van der Waals surface area (Å²) in [5.74, 6) is -0.202. The molecule has 118 valence electrons. The maximum atomic E-state index is 11.6. The molecule has 0 saturated heterocycles. The number of anilines is 2. The summed E-state index contributed by atoms with van der Waals surface area (Å²) in [6.45, 7) is 7.80. The Kier molecular flexibility index (Phi) is 5.80. The molecule has 1 heterocycles. The molecule has 0 bridgehead atoms. The largest absolute Gasteiger partial charge is 0.349 e. The van der Waals surface area contributed by atoms with Gasteiger partial charge in [-0.3, -0.25) is 4.79 Å². The second kappa shape index (κ2) is 7.61. The zero-order valence-electron chi connectivity index (χ0n) is 13.0. The highest BCUT2D eigenvalue weighted by Gasteiger charge is 2.11. The summed E-state index contributed by atoms with van der Waals surface area (Å²) >= 11 is 7.39. The van der Waals surface area contributed by atoms with E-state index in [-0.39, 0.29) is 5.91 Å². The number of nitrogens with zero attached hydrogens (tertiary/aromatic N) is 2. The molecule has 0 radical (unpaired) electrons. The van der Waals surface area contributed by atoms with Gasteiger partial charge < -0.3 is 10.2 Å². The van der Waals surface area contributed by atoms with Gasteiger partial charge in [0.2, 0.25) is 5.91 Å². The summed E-state index contributed by atoms with van der Waals surface area (Å²) in [6.07, 6.45) is 0. The third-order valence-corrected chi connectivity index (χ3v) is 4.44. The maximum absolute atomic E-state index is 11.6. The van der Waals surface area contributed by atoms with Crippen LogP contribution in [0.25, 0.3) is 11.3 Å². The summed E-state index contributed by atoms with van der Waals surface area (Å²) in [4.78, 5) is 18.5. The zero-order valence-corrected chi connectivity index (χ0v) is 14.5. The van der Waals surface area contributed by atoms with Gasteiger partial charge in [-0.05, 0) is 32.9 Å². The number of halogens is 1. The Hall–Kier alpha value is -1.59. The summed E-state index contributed by atoms with van der Waals surface area (Å²) in [5.41, 5.74) is 2.72. The fourth-order valence-electron chi connectivity index (χ4n) is 2.00. The smallest absolute Gasteiger partial charge is 0.242 e. The lowest BCUT2D eigenvalue weighted by atomic mass is 10.1. The molecule has 0 aliphatic heterocycles. The van der Waals surface area contributed by atoms with Crippen LogP contribution in [0, 0.1) is 0 Å². The lowest BCUT2D eigenvalue weighted by Crippen LogP contribution is -2.21. The van der Waals surface area contributed by atoms with E-state index in [4.69, 9.17) is 11.6 Å². The minimum Gasteiger partial charge on any atom is -0.349 e. The number of rotatable bonds is 6. The molecule has 1 atom stereocenters. The third-order valence-electron chi connectivity index (χ3n) is 3.34. The first kappa shape index (κ1) is 16.8. The van der Waals surface area contributed by atoms with Crippen molar-refractivity contribution in [1.29, 1.82) is 0 Å². The van der Waals surface area contributed by atoms with Gasteiger partial charge >= 0.3 is 0 Å². The van der Waals surface area contributed by atoms with Crippen molar-refractivity contribution < 1.29 is 4.79 Å². The second-order valence-electron chi connectivity index (χ2n) is 4.87. The van der Waals surface area contributed by atoms with Crippen molar-refractivity contribution in [1.82, 2.24) is 4.98 Å². The molecule has 0 aliphatic carbocycles. The van der Waals surface area contributed by atoms with Crippen LogP contribution in [-0.4, -0.2) is 29.4 Å². The quantitative estimate of drug-likeness (QED) is 0.802. The Morgan fingerprint density at radius 2 is 1.95 bits per heavy atom. The molecule has 1 N–H and O–H groups in total. The summed E-state index contributed by atoms with van der Waals surface area (Å²) in [7, 11) is 0. The van der Waals surface area contributed by atoms with Gasteiger partial charge in [0, 0.05) is 29.7 Å². The average molecular weight is 338 g/mol. The van der Waals surface area contributed by atoms with Gasteiger partial charge in [-0.25, -0.2) is 4.98 Å². The van der Waals surface area contributed by atoms with Gasteiger partial charge in [-0.1, -0.05) is 12.1 Å². The highest BCUT2D eigenvalue weighted by atomic mass is 35.5. The number of aromatic nitrogens is 1. The molecule has 6 heteroatoms. The van der Waals surface area contributed by atoms with E-state index >= 15 is 0 Å².